The van der Waals surface area contributed by atoms with Crippen molar-refractivity contribution in [1.82, 2.24) is 14.9 Å². The highest BCUT2D eigenvalue weighted by Crippen LogP contribution is 2.27. The molecule has 1 amide bonds. The molecular formula is C14H18ClN3O3. The van der Waals surface area contributed by atoms with Crippen LogP contribution in [0.4, 0.5) is 0 Å². The quantitative estimate of drug-likeness (QED) is 0.920. The van der Waals surface area contributed by atoms with Crippen LogP contribution in [0, 0.1) is 11.8 Å². The number of rotatable bonds is 4. The average molecular weight is 312 g/mol. The van der Waals surface area contributed by atoms with Gasteiger partial charge in [0.05, 0.1) is 17.1 Å². The molecule has 0 saturated carbocycles. The third kappa shape index (κ3) is 3.15. The van der Waals surface area contributed by atoms with Gasteiger partial charge in [-0.25, -0.2) is 9.97 Å². The van der Waals surface area contributed by atoms with E-state index in [1.165, 1.54) is 6.20 Å². The Kier molecular flexibility index (Phi) is 4.46. The van der Waals surface area contributed by atoms with Crippen LogP contribution in [-0.2, 0) is 4.79 Å². The lowest BCUT2D eigenvalue weighted by Gasteiger charge is -2.41. The molecule has 0 aromatic carbocycles. The van der Waals surface area contributed by atoms with Crippen molar-refractivity contribution >= 4 is 23.5 Å². The number of hydrogen-bond acceptors (Lipinski definition) is 4. The predicted molar refractivity (Wildman–Crippen MR) is 77.3 cm³/mol. The molecule has 1 N–H and O–H groups in total. The van der Waals surface area contributed by atoms with E-state index in [4.69, 9.17) is 16.7 Å². The van der Waals surface area contributed by atoms with Gasteiger partial charge in [-0.1, -0.05) is 32.4 Å². The fraction of sp³-hybridized carbons (Fsp3) is 0.571. The standard InChI is InChI=1S/C14H18ClN3O3/c1-7(2)12-16-4-10(15)11(17-12)13(19)18-5-9(6-18)8(3)14(20)21/h4,7-9H,5-6H2,1-3H3,(H,20,21). The zero-order valence-electron chi connectivity index (χ0n) is 12.2. The van der Waals surface area contributed by atoms with Crippen LogP contribution >= 0.6 is 11.6 Å². The Morgan fingerprint density at radius 2 is 2.00 bits per heavy atom. The van der Waals surface area contributed by atoms with Crippen LogP contribution < -0.4 is 0 Å². The van der Waals surface area contributed by atoms with Gasteiger partial charge >= 0.3 is 5.97 Å². The summed E-state index contributed by atoms with van der Waals surface area (Å²) in [7, 11) is 0. The lowest BCUT2D eigenvalue weighted by atomic mass is 9.87. The number of hydrogen-bond donors (Lipinski definition) is 1. The summed E-state index contributed by atoms with van der Waals surface area (Å²) < 4.78 is 0. The number of halogens is 1. The van der Waals surface area contributed by atoms with E-state index in [0.29, 0.717) is 18.9 Å². The Balaban J connectivity index is 2.09. The third-order valence-electron chi connectivity index (χ3n) is 3.78. The zero-order chi connectivity index (χ0) is 15.7. The van der Waals surface area contributed by atoms with E-state index in [-0.39, 0.29) is 28.5 Å². The van der Waals surface area contributed by atoms with Crippen LogP contribution in [0.15, 0.2) is 6.20 Å². The van der Waals surface area contributed by atoms with E-state index in [2.05, 4.69) is 9.97 Å². The molecule has 1 fully saturated rings. The van der Waals surface area contributed by atoms with E-state index < -0.39 is 11.9 Å². The molecule has 1 unspecified atom stereocenters. The maximum absolute atomic E-state index is 12.4. The first kappa shape index (κ1) is 15.7. The molecule has 2 heterocycles. The summed E-state index contributed by atoms with van der Waals surface area (Å²) in [5.41, 5.74) is 0.191. The molecule has 1 aromatic rings. The van der Waals surface area contributed by atoms with Gasteiger partial charge < -0.3 is 10.0 Å². The molecule has 1 atom stereocenters. The van der Waals surface area contributed by atoms with E-state index in [1.54, 1.807) is 11.8 Å². The van der Waals surface area contributed by atoms with Gasteiger partial charge in [-0.05, 0) is 0 Å². The summed E-state index contributed by atoms with van der Waals surface area (Å²) in [5, 5.41) is 9.18. The summed E-state index contributed by atoms with van der Waals surface area (Å²) in [6, 6.07) is 0. The van der Waals surface area contributed by atoms with Gasteiger partial charge in [0, 0.05) is 24.9 Å². The van der Waals surface area contributed by atoms with Gasteiger partial charge in [-0.2, -0.15) is 0 Å². The first-order chi connectivity index (χ1) is 9.81. The van der Waals surface area contributed by atoms with E-state index in [1.807, 2.05) is 13.8 Å². The summed E-state index contributed by atoms with van der Waals surface area (Å²) in [6.07, 6.45) is 1.44. The molecule has 7 heteroatoms. The Hall–Kier alpha value is -1.69. The molecule has 21 heavy (non-hydrogen) atoms. The van der Waals surface area contributed by atoms with Crippen LogP contribution in [0.3, 0.4) is 0 Å². The number of carbonyl (C=O) groups excluding carboxylic acids is 1. The second kappa shape index (κ2) is 5.97. The average Bonchev–Trinajstić information content (AvgIpc) is 2.36. The molecule has 114 valence electrons. The maximum Gasteiger partial charge on any atom is 0.306 e. The van der Waals surface area contributed by atoms with Gasteiger partial charge in [0.2, 0.25) is 0 Å². The minimum atomic E-state index is -0.839. The van der Waals surface area contributed by atoms with Crippen molar-refractivity contribution in [3.05, 3.63) is 22.7 Å². The Morgan fingerprint density at radius 1 is 1.38 bits per heavy atom. The highest BCUT2D eigenvalue weighted by atomic mass is 35.5. The number of carbonyl (C=O) groups is 2. The SMILES string of the molecule is CC(C)c1ncc(Cl)c(C(=O)N2CC(C(C)C(=O)O)C2)n1. The fourth-order valence-electron chi connectivity index (χ4n) is 2.16. The third-order valence-corrected chi connectivity index (χ3v) is 4.05. The Labute approximate surface area is 128 Å². The van der Waals surface area contributed by atoms with E-state index in [9.17, 15) is 9.59 Å². The van der Waals surface area contributed by atoms with Gasteiger partial charge in [0.25, 0.3) is 5.91 Å². The van der Waals surface area contributed by atoms with Crippen molar-refractivity contribution in [2.45, 2.75) is 26.7 Å². The normalized spacial score (nSPS) is 16.7. The molecule has 1 aliphatic rings. The van der Waals surface area contributed by atoms with Crippen molar-refractivity contribution in [2.24, 2.45) is 11.8 Å². The number of aliphatic carboxylic acids is 1. The van der Waals surface area contributed by atoms with Crippen LogP contribution in [0.1, 0.15) is 43.0 Å². The molecule has 0 aliphatic carbocycles. The predicted octanol–water partition coefficient (Wildman–Crippen LogP) is 2.05. The van der Waals surface area contributed by atoms with Crippen molar-refractivity contribution in [3.63, 3.8) is 0 Å². The van der Waals surface area contributed by atoms with E-state index in [0.717, 1.165) is 0 Å². The summed E-state index contributed by atoms with van der Waals surface area (Å²) in [6.45, 7) is 6.37. The zero-order valence-corrected chi connectivity index (χ0v) is 13.0. The number of aromatic nitrogens is 2. The highest BCUT2D eigenvalue weighted by molar-refractivity contribution is 6.33. The lowest BCUT2D eigenvalue weighted by Crippen LogP contribution is -2.53. The van der Waals surface area contributed by atoms with Gasteiger partial charge in [-0.3, -0.25) is 9.59 Å². The smallest absolute Gasteiger partial charge is 0.306 e. The van der Waals surface area contributed by atoms with E-state index >= 15 is 0 Å². The number of nitrogens with zero attached hydrogens (tertiary/aromatic N) is 3. The van der Waals surface area contributed by atoms with Crippen LogP contribution in [0.25, 0.3) is 0 Å². The second-order valence-electron chi connectivity index (χ2n) is 5.68. The number of amides is 1. The first-order valence-electron chi connectivity index (χ1n) is 6.85. The second-order valence-corrected chi connectivity index (χ2v) is 6.08. The maximum atomic E-state index is 12.4. The van der Waals surface area contributed by atoms with Gasteiger partial charge in [-0.15, -0.1) is 0 Å². The minimum absolute atomic E-state index is 0.0170. The molecule has 1 aliphatic heterocycles. The monoisotopic (exact) mass is 311 g/mol. The lowest BCUT2D eigenvalue weighted by molar-refractivity contribution is -0.144. The summed E-state index contributed by atoms with van der Waals surface area (Å²) in [5.74, 6) is -0.908. The van der Waals surface area contributed by atoms with Crippen molar-refractivity contribution in [1.29, 1.82) is 0 Å². The summed E-state index contributed by atoms with van der Waals surface area (Å²) >= 11 is 6.00. The molecule has 0 bridgehead atoms. The summed E-state index contributed by atoms with van der Waals surface area (Å²) in [4.78, 5) is 33.2. The van der Waals surface area contributed by atoms with Crippen LogP contribution in [0.5, 0.6) is 0 Å². The van der Waals surface area contributed by atoms with Crippen LogP contribution in [0.2, 0.25) is 5.02 Å². The topological polar surface area (TPSA) is 83.4 Å². The first-order valence-corrected chi connectivity index (χ1v) is 7.23. The molecule has 6 nitrogen and oxygen atoms in total. The molecule has 0 radical (unpaired) electrons. The van der Waals surface area contributed by atoms with Gasteiger partial charge in [0.1, 0.15) is 5.82 Å². The van der Waals surface area contributed by atoms with Crippen molar-refractivity contribution < 1.29 is 14.7 Å². The molecule has 1 saturated heterocycles. The fourth-order valence-corrected chi connectivity index (χ4v) is 2.33. The largest absolute Gasteiger partial charge is 0.481 e. The molecule has 1 aromatic heterocycles. The molecular weight excluding hydrogens is 294 g/mol. The number of likely N-dealkylation sites (tertiary alicyclic amines) is 1. The van der Waals surface area contributed by atoms with Crippen molar-refractivity contribution in [3.8, 4) is 0 Å². The molecule has 2 rings (SSSR count). The molecule has 0 spiro atoms. The minimum Gasteiger partial charge on any atom is -0.481 e. The number of carboxylic acids is 1. The Morgan fingerprint density at radius 3 is 2.52 bits per heavy atom. The van der Waals surface area contributed by atoms with Crippen LogP contribution in [-0.4, -0.2) is 44.9 Å². The van der Waals surface area contributed by atoms with Gasteiger partial charge in [0.15, 0.2) is 5.69 Å². The highest BCUT2D eigenvalue weighted by Gasteiger charge is 2.38. The van der Waals surface area contributed by atoms with Crippen molar-refractivity contribution in [2.75, 3.05) is 13.1 Å². The number of carboxylic acid groups (broad SMARTS) is 1. The Bertz CT molecular complexity index is 571.